The molecule has 2 aromatic rings. The summed E-state index contributed by atoms with van der Waals surface area (Å²) < 4.78 is 0. The van der Waals surface area contributed by atoms with E-state index in [-0.39, 0.29) is 16.6 Å². The fourth-order valence-electron chi connectivity index (χ4n) is 1.38. The molecule has 7 heteroatoms. The minimum absolute atomic E-state index is 0.135. The molecular weight excluding hydrogens is 272 g/mol. The van der Waals surface area contributed by atoms with E-state index in [2.05, 4.69) is 15.3 Å². The number of nitrogen functional groups attached to an aromatic ring is 1. The van der Waals surface area contributed by atoms with Crippen molar-refractivity contribution in [1.82, 2.24) is 15.3 Å². The number of aromatic nitrogens is 2. The van der Waals surface area contributed by atoms with E-state index in [1.807, 2.05) is 12.3 Å². The van der Waals surface area contributed by atoms with Crippen molar-refractivity contribution in [3.05, 3.63) is 39.1 Å². The number of aryl methyl sites for hydroxylation is 1. The van der Waals surface area contributed by atoms with E-state index in [1.165, 1.54) is 23.6 Å². The summed E-state index contributed by atoms with van der Waals surface area (Å²) in [7, 11) is 0. The highest BCUT2D eigenvalue weighted by Crippen LogP contribution is 2.15. The molecule has 0 unspecified atom stereocenters. The van der Waals surface area contributed by atoms with Crippen LogP contribution in [0.1, 0.15) is 21.1 Å². The molecule has 5 nitrogen and oxygen atoms in total. The normalized spacial score (nSPS) is 10.3. The first-order chi connectivity index (χ1) is 8.56. The van der Waals surface area contributed by atoms with Gasteiger partial charge in [-0.1, -0.05) is 11.6 Å². The van der Waals surface area contributed by atoms with Crippen LogP contribution in [0, 0.1) is 6.92 Å². The van der Waals surface area contributed by atoms with Crippen LogP contribution in [0.15, 0.2) is 17.6 Å². The zero-order valence-corrected chi connectivity index (χ0v) is 11.2. The molecule has 2 heterocycles. The predicted molar refractivity (Wildman–Crippen MR) is 71.7 cm³/mol. The van der Waals surface area contributed by atoms with Crippen LogP contribution in [-0.2, 0) is 6.54 Å². The minimum Gasteiger partial charge on any atom is -0.397 e. The van der Waals surface area contributed by atoms with Gasteiger partial charge in [-0.15, -0.1) is 11.3 Å². The molecule has 0 bridgehead atoms. The van der Waals surface area contributed by atoms with Gasteiger partial charge in [-0.3, -0.25) is 4.79 Å². The third-order valence-electron chi connectivity index (χ3n) is 2.20. The van der Waals surface area contributed by atoms with Gasteiger partial charge < -0.3 is 11.1 Å². The van der Waals surface area contributed by atoms with Crippen molar-refractivity contribution < 1.29 is 4.79 Å². The Balaban J connectivity index is 2.05. The third-order valence-corrected chi connectivity index (χ3v) is 3.32. The maximum Gasteiger partial charge on any atom is 0.254 e. The van der Waals surface area contributed by atoms with E-state index < -0.39 is 0 Å². The number of carbonyl (C=O) groups is 1. The van der Waals surface area contributed by atoms with Crippen LogP contribution in [0.25, 0.3) is 0 Å². The number of thiazole rings is 1. The summed E-state index contributed by atoms with van der Waals surface area (Å²) in [5.74, 6) is -0.314. The van der Waals surface area contributed by atoms with Crippen LogP contribution in [0.3, 0.4) is 0 Å². The number of hydrogen-bond donors (Lipinski definition) is 2. The highest BCUT2D eigenvalue weighted by atomic mass is 35.5. The number of carbonyl (C=O) groups excluding carboxylic acids is 1. The SMILES string of the molecule is Cc1nc(CNC(=O)c2cc(N)cnc2Cl)cs1. The zero-order valence-electron chi connectivity index (χ0n) is 9.61. The lowest BCUT2D eigenvalue weighted by Crippen LogP contribution is -2.23. The summed E-state index contributed by atoms with van der Waals surface area (Å²) in [6.07, 6.45) is 1.41. The molecule has 0 aromatic carbocycles. The minimum atomic E-state index is -0.314. The standard InChI is InChI=1S/C11H11ClN4OS/c1-6-16-8(5-18-6)4-15-11(17)9-2-7(13)3-14-10(9)12/h2-3,5H,4,13H2,1H3,(H,15,17). The molecule has 0 aliphatic carbocycles. The highest BCUT2D eigenvalue weighted by molar-refractivity contribution is 7.09. The van der Waals surface area contributed by atoms with Crippen LogP contribution in [0.4, 0.5) is 5.69 Å². The molecule has 0 saturated heterocycles. The van der Waals surface area contributed by atoms with E-state index in [4.69, 9.17) is 17.3 Å². The van der Waals surface area contributed by atoms with Gasteiger partial charge >= 0.3 is 0 Å². The molecular formula is C11H11ClN4OS. The number of pyridine rings is 1. The summed E-state index contributed by atoms with van der Waals surface area (Å²) in [5, 5.41) is 5.72. The fourth-order valence-corrected chi connectivity index (χ4v) is 2.18. The first-order valence-electron chi connectivity index (χ1n) is 5.16. The van der Waals surface area contributed by atoms with E-state index in [0.717, 1.165) is 10.7 Å². The van der Waals surface area contributed by atoms with Gasteiger partial charge in [0.05, 0.1) is 34.7 Å². The van der Waals surface area contributed by atoms with Gasteiger partial charge in [0.25, 0.3) is 5.91 Å². The molecule has 2 rings (SSSR count). The maximum absolute atomic E-state index is 11.9. The largest absolute Gasteiger partial charge is 0.397 e. The second-order valence-electron chi connectivity index (χ2n) is 3.65. The monoisotopic (exact) mass is 282 g/mol. The summed E-state index contributed by atoms with van der Waals surface area (Å²) in [4.78, 5) is 20.0. The third kappa shape index (κ3) is 2.96. The topological polar surface area (TPSA) is 80.9 Å². The van der Waals surface area contributed by atoms with Crippen molar-refractivity contribution in [2.45, 2.75) is 13.5 Å². The second-order valence-corrected chi connectivity index (χ2v) is 5.07. The summed E-state index contributed by atoms with van der Waals surface area (Å²) in [6, 6.07) is 1.50. The number of hydrogen-bond acceptors (Lipinski definition) is 5. The average Bonchev–Trinajstić information content (AvgIpc) is 2.75. The quantitative estimate of drug-likeness (QED) is 0.844. The van der Waals surface area contributed by atoms with Crippen LogP contribution in [-0.4, -0.2) is 15.9 Å². The Morgan fingerprint density at radius 3 is 3.06 bits per heavy atom. The van der Waals surface area contributed by atoms with Gasteiger partial charge in [-0.05, 0) is 13.0 Å². The van der Waals surface area contributed by atoms with E-state index in [0.29, 0.717) is 12.2 Å². The summed E-state index contributed by atoms with van der Waals surface area (Å²) >= 11 is 7.37. The molecule has 1 amide bonds. The van der Waals surface area contributed by atoms with Crippen LogP contribution in [0.2, 0.25) is 5.15 Å². The van der Waals surface area contributed by atoms with Crippen LogP contribution >= 0.6 is 22.9 Å². The Bertz CT molecular complexity index is 584. The molecule has 0 spiro atoms. The number of amides is 1. The molecule has 0 aliphatic heterocycles. The molecule has 0 saturated carbocycles. The number of nitrogens with zero attached hydrogens (tertiary/aromatic N) is 2. The van der Waals surface area contributed by atoms with E-state index >= 15 is 0 Å². The zero-order chi connectivity index (χ0) is 13.1. The maximum atomic E-state index is 11.9. The number of rotatable bonds is 3. The lowest BCUT2D eigenvalue weighted by atomic mass is 10.2. The van der Waals surface area contributed by atoms with Crippen molar-refractivity contribution >= 4 is 34.5 Å². The van der Waals surface area contributed by atoms with Gasteiger partial charge in [0.2, 0.25) is 0 Å². The van der Waals surface area contributed by atoms with Crippen molar-refractivity contribution in [2.24, 2.45) is 0 Å². The fraction of sp³-hybridized carbons (Fsp3) is 0.182. The molecule has 0 atom stereocenters. The Labute approximate surface area is 113 Å². The molecule has 18 heavy (non-hydrogen) atoms. The van der Waals surface area contributed by atoms with Gasteiger partial charge in [-0.25, -0.2) is 9.97 Å². The van der Waals surface area contributed by atoms with Crippen molar-refractivity contribution in [2.75, 3.05) is 5.73 Å². The predicted octanol–water partition coefficient (Wildman–Crippen LogP) is 2.01. The summed E-state index contributed by atoms with van der Waals surface area (Å²) in [6.45, 7) is 2.27. The number of nitrogens with one attached hydrogen (secondary N) is 1. The summed E-state index contributed by atoms with van der Waals surface area (Å²) in [5.41, 5.74) is 7.05. The Morgan fingerprint density at radius 2 is 2.39 bits per heavy atom. The molecule has 94 valence electrons. The first kappa shape index (κ1) is 12.8. The second kappa shape index (κ2) is 5.32. The van der Waals surface area contributed by atoms with Gasteiger partial charge in [0, 0.05) is 5.38 Å². The molecule has 2 aromatic heterocycles. The lowest BCUT2D eigenvalue weighted by molar-refractivity contribution is 0.0950. The first-order valence-corrected chi connectivity index (χ1v) is 6.42. The Hall–Kier alpha value is -1.66. The highest BCUT2D eigenvalue weighted by Gasteiger charge is 2.12. The molecule has 0 radical (unpaired) electrons. The number of anilines is 1. The van der Waals surface area contributed by atoms with Gasteiger partial charge in [0.1, 0.15) is 5.15 Å². The van der Waals surface area contributed by atoms with Crippen molar-refractivity contribution in [1.29, 1.82) is 0 Å². The lowest BCUT2D eigenvalue weighted by Gasteiger charge is -2.05. The Morgan fingerprint density at radius 1 is 1.61 bits per heavy atom. The average molecular weight is 283 g/mol. The van der Waals surface area contributed by atoms with Gasteiger partial charge in [0.15, 0.2) is 0 Å². The smallest absolute Gasteiger partial charge is 0.254 e. The Kier molecular flexibility index (Phi) is 3.78. The van der Waals surface area contributed by atoms with Crippen LogP contribution < -0.4 is 11.1 Å². The van der Waals surface area contributed by atoms with Gasteiger partial charge in [-0.2, -0.15) is 0 Å². The van der Waals surface area contributed by atoms with Crippen molar-refractivity contribution in [3.8, 4) is 0 Å². The van der Waals surface area contributed by atoms with Crippen LogP contribution in [0.5, 0.6) is 0 Å². The number of halogens is 1. The molecule has 0 fully saturated rings. The number of nitrogens with two attached hydrogens (primary N) is 1. The van der Waals surface area contributed by atoms with E-state index in [9.17, 15) is 4.79 Å². The molecule has 0 aliphatic rings. The molecule has 3 N–H and O–H groups in total. The van der Waals surface area contributed by atoms with Crippen molar-refractivity contribution in [3.63, 3.8) is 0 Å². The van der Waals surface area contributed by atoms with E-state index in [1.54, 1.807) is 0 Å².